The lowest BCUT2D eigenvalue weighted by Gasteiger charge is -2.06. The molecule has 0 saturated carbocycles. The van der Waals surface area contributed by atoms with Crippen LogP contribution in [0.15, 0.2) is 82.4 Å². The average Bonchev–Trinajstić information content (AvgIpc) is 2.75. The van der Waals surface area contributed by atoms with Gasteiger partial charge in [-0.25, -0.2) is 10.2 Å². The van der Waals surface area contributed by atoms with Crippen LogP contribution in [-0.4, -0.2) is 24.7 Å². The van der Waals surface area contributed by atoms with E-state index < -0.39 is 5.97 Å². The smallest absolute Gasteiger partial charge is 0.344 e. The van der Waals surface area contributed by atoms with Gasteiger partial charge in [0.15, 0.2) is 6.61 Å². The number of hydrogen-bond donors (Lipinski definition) is 1. The van der Waals surface area contributed by atoms with Crippen LogP contribution in [-0.2, 0) is 4.79 Å². The van der Waals surface area contributed by atoms with Crippen molar-refractivity contribution in [1.29, 1.82) is 0 Å². The minimum atomic E-state index is -0.417. The number of rotatable bonds is 7. The third-order valence-electron chi connectivity index (χ3n) is 3.77. The second-order valence-corrected chi connectivity index (χ2v) is 8.05. The van der Waals surface area contributed by atoms with E-state index in [2.05, 4.69) is 49.0 Å². The molecule has 0 aliphatic carbocycles. The molecule has 0 atom stereocenters. The lowest BCUT2D eigenvalue weighted by Crippen LogP contribution is -2.24. The van der Waals surface area contributed by atoms with Crippen molar-refractivity contribution in [3.8, 4) is 11.5 Å². The summed E-state index contributed by atoms with van der Waals surface area (Å²) >= 11 is 5.42. The molecule has 30 heavy (non-hydrogen) atoms. The van der Waals surface area contributed by atoms with Crippen molar-refractivity contribution < 1.29 is 19.1 Å². The average molecular weight is 579 g/mol. The van der Waals surface area contributed by atoms with Gasteiger partial charge in [-0.1, -0.05) is 28.1 Å². The SMILES string of the molecule is O=C(COc1ccc(Br)cc1)N/N=C\c1ccc(OC(=O)c2ccccc2I)cc1. The van der Waals surface area contributed by atoms with E-state index in [1.54, 1.807) is 48.5 Å². The van der Waals surface area contributed by atoms with E-state index in [9.17, 15) is 9.59 Å². The van der Waals surface area contributed by atoms with Gasteiger partial charge >= 0.3 is 5.97 Å². The van der Waals surface area contributed by atoms with Gasteiger partial charge in [0.2, 0.25) is 0 Å². The normalized spacial score (nSPS) is 10.6. The van der Waals surface area contributed by atoms with Crippen molar-refractivity contribution in [3.63, 3.8) is 0 Å². The van der Waals surface area contributed by atoms with Crippen LogP contribution in [0.25, 0.3) is 0 Å². The molecule has 0 saturated heterocycles. The molecule has 0 aliphatic heterocycles. The van der Waals surface area contributed by atoms with E-state index in [0.29, 0.717) is 17.1 Å². The Balaban J connectivity index is 1.47. The van der Waals surface area contributed by atoms with Crippen LogP contribution in [0.5, 0.6) is 11.5 Å². The minimum absolute atomic E-state index is 0.147. The highest BCUT2D eigenvalue weighted by atomic mass is 127. The number of esters is 1. The maximum atomic E-state index is 12.2. The number of hydrazone groups is 1. The molecule has 0 heterocycles. The first kappa shape index (κ1) is 22.0. The monoisotopic (exact) mass is 578 g/mol. The van der Waals surface area contributed by atoms with Gasteiger partial charge in [0.1, 0.15) is 11.5 Å². The van der Waals surface area contributed by atoms with Crippen molar-refractivity contribution in [1.82, 2.24) is 5.43 Å². The van der Waals surface area contributed by atoms with Crippen LogP contribution in [0.3, 0.4) is 0 Å². The van der Waals surface area contributed by atoms with Gasteiger partial charge in [0.25, 0.3) is 5.91 Å². The first-order chi connectivity index (χ1) is 14.5. The molecule has 3 aromatic rings. The molecule has 0 aliphatic rings. The number of amides is 1. The molecule has 3 aromatic carbocycles. The van der Waals surface area contributed by atoms with Crippen LogP contribution < -0.4 is 14.9 Å². The van der Waals surface area contributed by atoms with Crippen molar-refractivity contribution in [2.75, 3.05) is 6.61 Å². The van der Waals surface area contributed by atoms with Gasteiger partial charge in [-0.3, -0.25) is 4.79 Å². The summed E-state index contributed by atoms with van der Waals surface area (Å²) in [4.78, 5) is 24.0. The zero-order chi connectivity index (χ0) is 21.3. The maximum Gasteiger partial charge on any atom is 0.344 e. The summed E-state index contributed by atoms with van der Waals surface area (Å²) in [6.07, 6.45) is 1.49. The quantitative estimate of drug-likeness (QED) is 0.144. The fourth-order valence-electron chi connectivity index (χ4n) is 2.30. The van der Waals surface area contributed by atoms with Gasteiger partial charge in [-0.05, 0) is 88.8 Å². The Morgan fingerprint density at radius 1 is 0.967 bits per heavy atom. The Bertz CT molecular complexity index is 1050. The van der Waals surface area contributed by atoms with E-state index >= 15 is 0 Å². The Morgan fingerprint density at radius 3 is 2.33 bits per heavy atom. The third-order valence-corrected chi connectivity index (χ3v) is 5.24. The molecule has 0 bridgehead atoms. The van der Waals surface area contributed by atoms with Crippen molar-refractivity contribution in [3.05, 3.63) is 92.0 Å². The Hall–Kier alpha value is -2.72. The lowest BCUT2D eigenvalue weighted by atomic mass is 10.2. The highest BCUT2D eigenvalue weighted by molar-refractivity contribution is 14.1. The topological polar surface area (TPSA) is 77.0 Å². The number of carbonyl (C=O) groups excluding carboxylic acids is 2. The molecule has 0 fully saturated rings. The number of halogens is 2. The lowest BCUT2D eigenvalue weighted by molar-refractivity contribution is -0.123. The molecule has 0 aromatic heterocycles. The first-order valence-electron chi connectivity index (χ1n) is 8.78. The van der Waals surface area contributed by atoms with E-state index in [1.807, 2.05) is 24.3 Å². The second kappa shape index (κ2) is 10.9. The van der Waals surface area contributed by atoms with Crippen molar-refractivity contribution in [2.45, 2.75) is 0 Å². The van der Waals surface area contributed by atoms with Crippen LogP contribution in [0.1, 0.15) is 15.9 Å². The Morgan fingerprint density at radius 2 is 1.63 bits per heavy atom. The molecule has 0 unspecified atom stereocenters. The Labute approximate surface area is 195 Å². The van der Waals surface area contributed by atoms with E-state index in [-0.39, 0.29) is 12.5 Å². The highest BCUT2D eigenvalue weighted by Crippen LogP contribution is 2.17. The minimum Gasteiger partial charge on any atom is -0.484 e. The van der Waals surface area contributed by atoms with Gasteiger partial charge in [0, 0.05) is 8.04 Å². The molecule has 0 radical (unpaired) electrons. The van der Waals surface area contributed by atoms with Crippen molar-refractivity contribution in [2.24, 2.45) is 5.10 Å². The molecule has 152 valence electrons. The van der Waals surface area contributed by atoms with E-state index in [0.717, 1.165) is 13.6 Å². The fourth-order valence-corrected chi connectivity index (χ4v) is 3.17. The zero-order valence-corrected chi connectivity index (χ0v) is 19.3. The fraction of sp³-hybridized carbons (Fsp3) is 0.0455. The zero-order valence-electron chi connectivity index (χ0n) is 15.5. The summed E-state index contributed by atoms with van der Waals surface area (Å²) in [7, 11) is 0. The summed E-state index contributed by atoms with van der Waals surface area (Å²) in [6, 6.07) is 21.2. The van der Waals surface area contributed by atoms with Crippen LogP contribution in [0.4, 0.5) is 0 Å². The molecule has 1 N–H and O–H groups in total. The number of nitrogens with one attached hydrogen (secondary N) is 1. The summed E-state index contributed by atoms with van der Waals surface area (Å²) in [5.41, 5.74) is 3.64. The molecular weight excluding hydrogens is 563 g/mol. The molecule has 6 nitrogen and oxygen atoms in total. The van der Waals surface area contributed by atoms with Gasteiger partial charge < -0.3 is 9.47 Å². The van der Waals surface area contributed by atoms with E-state index in [1.165, 1.54) is 6.21 Å². The Kier molecular flexibility index (Phi) is 7.97. The number of ether oxygens (including phenoxy) is 2. The maximum absolute atomic E-state index is 12.2. The van der Waals surface area contributed by atoms with Crippen LogP contribution >= 0.6 is 38.5 Å². The van der Waals surface area contributed by atoms with E-state index in [4.69, 9.17) is 9.47 Å². The molecule has 3 rings (SSSR count). The van der Waals surface area contributed by atoms with Gasteiger partial charge in [0.05, 0.1) is 11.8 Å². The largest absolute Gasteiger partial charge is 0.484 e. The van der Waals surface area contributed by atoms with Crippen LogP contribution in [0.2, 0.25) is 0 Å². The number of carbonyl (C=O) groups is 2. The second-order valence-electron chi connectivity index (χ2n) is 5.97. The summed E-state index contributed by atoms with van der Waals surface area (Å²) in [6.45, 7) is -0.147. The standard InChI is InChI=1S/C22H16BrIN2O4/c23-16-7-11-17(12-8-16)29-14-21(27)26-25-13-15-5-9-18(10-6-15)30-22(28)19-3-1-2-4-20(19)24/h1-13H,14H2,(H,26,27)/b25-13-. The predicted octanol–water partition coefficient (Wildman–Crippen LogP) is 4.80. The molecule has 0 spiro atoms. The first-order valence-corrected chi connectivity index (χ1v) is 10.7. The third kappa shape index (κ3) is 6.67. The predicted molar refractivity (Wildman–Crippen MR) is 126 cm³/mol. The molecule has 8 heteroatoms. The summed E-state index contributed by atoms with van der Waals surface area (Å²) in [5.74, 6) is 0.216. The van der Waals surface area contributed by atoms with Crippen molar-refractivity contribution >= 4 is 56.6 Å². The summed E-state index contributed by atoms with van der Waals surface area (Å²) < 4.78 is 12.5. The van der Waals surface area contributed by atoms with Gasteiger partial charge in [-0.2, -0.15) is 5.10 Å². The molecular formula is C22H16BrIN2O4. The van der Waals surface area contributed by atoms with Gasteiger partial charge in [-0.15, -0.1) is 0 Å². The molecule has 1 amide bonds. The highest BCUT2D eigenvalue weighted by Gasteiger charge is 2.11. The van der Waals surface area contributed by atoms with Crippen LogP contribution in [0, 0.1) is 3.57 Å². The summed E-state index contributed by atoms with van der Waals surface area (Å²) in [5, 5.41) is 3.90. The number of hydrogen-bond acceptors (Lipinski definition) is 5. The number of benzene rings is 3. The number of nitrogens with zero attached hydrogens (tertiary/aromatic N) is 1.